The number of anilines is 1. The highest BCUT2D eigenvalue weighted by Gasteiger charge is 2.25. The predicted octanol–water partition coefficient (Wildman–Crippen LogP) is 4.02. The number of fused-ring (bicyclic) bond motifs is 1. The van der Waals surface area contributed by atoms with E-state index >= 15 is 0 Å². The van der Waals surface area contributed by atoms with Crippen LogP contribution in [0.3, 0.4) is 0 Å². The quantitative estimate of drug-likeness (QED) is 0.503. The zero-order valence-corrected chi connectivity index (χ0v) is 20.0. The topological polar surface area (TPSA) is 79.4 Å². The van der Waals surface area contributed by atoms with E-state index in [-0.39, 0.29) is 5.91 Å². The van der Waals surface area contributed by atoms with Crippen LogP contribution in [0.2, 0.25) is 0 Å². The van der Waals surface area contributed by atoms with Gasteiger partial charge in [-0.3, -0.25) is 9.69 Å². The van der Waals surface area contributed by atoms with Crippen molar-refractivity contribution in [2.45, 2.75) is 44.7 Å². The van der Waals surface area contributed by atoms with Crippen LogP contribution in [-0.2, 0) is 4.74 Å². The minimum atomic E-state index is 0.00615. The van der Waals surface area contributed by atoms with Crippen LogP contribution in [-0.4, -0.2) is 66.2 Å². The Labute approximate surface area is 200 Å². The average molecular weight is 460 g/mol. The Kier molecular flexibility index (Phi) is 6.74. The summed E-state index contributed by atoms with van der Waals surface area (Å²) in [5, 5.41) is 7.49. The molecular formula is C27H33N5O2. The van der Waals surface area contributed by atoms with E-state index in [0.29, 0.717) is 23.6 Å². The van der Waals surface area contributed by atoms with Gasteiger partial charge in [-0.2, -0.15) is 0 Å². The summed E-state index contributed by atoms with van der Waals surface area (Å²) in [6.45, 7) is 5.76. The monoisotopic (exact) mass is 459 g/mol. The molecule has 1 aromatic heterocycles. The third kappa shape index (κ3) is 5.21. The molecule has 7 nitrogen and oxygen atoms in total. The smallest absolute Gasteiger partial charge is 0.251 e. The summed E-state index contributed by atoms with van der Waals surface area (Å²) >= 11 is 0. The number of aryl methyl sites for hydroxylation is 1. The van der Waals surface area contributed by atoms with Crippen LogP contribution in [0.5, 0.6) is 0 Å². The van der Waals surface area contributed by atoms with E-state index in [1.807, 2.05) is 30.5 Å². The van der Waals surface area contributed by atoms with E-state index in [2.05, 4.69) is 39.6 Å². The number of carbonyl (C=O) groups excluding carboxylic acids is 1. The molecule has 0 spiro atoms. The van der Waals surface area contributed by atoms with E-state index in [1.54, 1.807) is 7.11 Å². The summed E-state index contributed by atoms with van der Waals surface area (Å²) < 4.78 is 5.24. The Morgan fingerprint density at radius 3 is 2.88 bits per heavy atom. The largest absolute Gasteiger partial charge is 0.383 e. The lowest BCUT2D eigenvalue weighted by Crippen LogP contribution is -2.37. The molecule has 178 valence electrons. The molecule has 1 amide bonds. The van der Waals surface area contributed by atoms with Crippen molar-refractivity contribution in [1.82, 2.24) is 20.2 Å². The predicted molar refractivity (Wildman–Crippen MR) is 135 cm³/mol. The van der Waals surface area contributed by atoms with Crippen LogP contribution in [0, 0.1) is 6.92 Å². The molecule has 7 heteroatoms. The second-order valence-electron chi connectivity index (χ2n) is 9.45. The molecular weight excluding hydrogens is 426 g/mol. The highest BCUT2D eigenvalue weighted by atomic mass is 16.5. The Hall–Kier alpha value is -3.03. The molecule has 2 heterocycles. The number of benzene rings is 2. The SMILES string of the molecule is COCCN1CCCC1CNc1ncc2cc(-c3cc(C(=O)NC4CC4)ccc3C)ccc2n1. The molecule has 3 aromatic rings. The number of amides is 1. The number of carbonyl (C=O) groups is 1. The van der Waals surface area contributed by atoms with Crippen LogP contribution < -0.4 is 10.6 Å². The molecule has 0 radical (unpaired) electrons. The highest BCUT2D eigenvalue weighted by Crippen LogP contribution is 2.28. The summed E-state index contributed by atoms with van der Waals surface area (Å²) in [6.07, 6.45) is 6.45. The van der Waals surface area contributed by atoms with Crippen LogP contribution in [0.25, 0.3) is 22.0 Å². The van der Waals surface area contributed by atoms with Crippen molar-refractivity contribution in [2.75, 3.05) is 38.7 Å². The average Bonchev–Trinajstić information content (AvgIpc) is 3.56. The summed E-state index contributed by atoms with van der Waals surface area (Å²) in [6, 6.07) is 13.0. The van der Waals surface area contributed by atoms with Crippen LogP contribution >= 0.6 is 0 Å². The molecule has 1 aliphatic carbocycles. The second-order valence-corrected chi connectivity index (χ2v) is 9.45. The van der Waals surface area contributed by atoms with E-state index < -0.39 is 0 Å². The highest BCUT2D eigenvalue weighted by molar-refractivity contribution is 5.96. The van der Waals surface area contributed by atoms with Crippen molar-refractivity contribution >= 4 is 22.8 Å². The number of nitrogens with zero attached hydrogens (tertiary/aromatic N) is 3. The van der Waals surface area contributed by atoms with Gasteiger partial charge in [0.2, 0.25) is 5.95 Å². The van der Waals surface area contributed by atoms with Crippen LogP contribution in [0.1, 0.15) is 41.6 Å². The summed E-state index contributed by atoms with van der Waals surface area (Å²) in [7, 11) is 1.75. The van der Waals surface area contributed by atoms with Gasteiger partial charge in [-0.25, -0.2) is 9.97 Å². The Morgan fingerprint density at radius 1 is 1.18 bits per heavy atom. The summed E-state index contributed by atoms with van der Waals surface area (Å²) in [4.78, 5) is 24.3. The number of methoxy groups -OCH3 is 1. The van der Waals surface area contributed by atoms with Gasteiger partial charge in [0.1, 0.15) is 0 Å². The lowest BCUT2D eigenvalue weighted by atomic mass is 9.97. The molecule has 1 saturated carbocycles. The molecule has 2 aromatic carbocycles. The van der Waals surface area contributed by atoms with Gasteiger partial charge < -0.3 is 15.4 Å². The first-order chi connectivity index (χ1) is 16.6. The summed E-state index contributed by atoms with van der Waals surface area (Å²) in [5.74, 6) is 0.667. The number of ether oxygens (including phenoxy) is 1. The van der Waals surface area contributed by atoms with E-state index in [4.69, 9.17) is 9.72 Å². The van der Waals surface area contributed by atoms with Gasteiger partial charge in [-0.1, -0.05) is 12.1 Å². The molecule has 34 heavy (non-hydrogen) atoms. The van der Waals surface area contributed by atoms with Gasteiger partial charge in [0.05, 0.1) is 12.1 Å². The van der Waals surface area contributed by atoms with Crippen molar-refractivity contribution in [3.63, 3.8) is 0 Å². The summed E-state index contributed by atoms with van der Waals surface area (Å²) in [5.41, 5.74) is 4.87. The van der Waals surface area contributed by atoms with E-state index in [1.165, 1.54) is 12.8 Å². The zero-order valence-electron chi connectivity index (χ0n) is 20.0. The maximum absolute atomic E-state index is 12.5. The molecule has 1 aliphatic heterocycles. The van der Waals surface area contributed by atoms with Crippen molar-refractivity contribution in [1.29, 1.82) is 0 Å². The molecule has 2 fully saturated rings. The van der Waals surface area contributed by atoms with Gasteiger partial charge in [-0.05, 0) is 80.1 Å². The fourth-order valence-electron chi connectivity index (χ4n) is 4.70. The number of aromatic nitrogens is 2. The fourth-order valence-corrected chi connectivity index (χ4v) is 4.70. The van der Waals surface area contributed by atoms with Gasteiger partial charge in [0.25, 0.3) is 5.91 Å². The number of hydrogen-bond donors (Lipinski definition) is 2. The molecule has 0 bridgehead atoms. The molecule has 2 N–H and O–H groups in total. The lowest BCUT2D eigenvalue weighted by Gasteiger charge is -2.24. The second kappa shape index (κ2) is 10.1. The van der Waals surface area contributed by atoms with Gasteiger partial charge in [0.15, 0.2) is 0 Å². The fraction of sp³-hybridized carbons (Fsp3) is 0.444. The first-order valence-electron chi connectivity index (χ1n) is 12.3. The minimum absolute atomic E-state index is 0.00615. The van der Waals surface area contributed by atoms with E-state index in [0.717, 1.165) is 66.7 Å². The third-order valence-corrected chi connectivity index (χ3v) is 6.88. The first-order valence-corrected chi connectivity index (χ1v) is 12.3. The standard InChI is InChI=1S/C27H33N5O2/c1-18-5-6-20(26(33)30-22-8-9-22)15-24(18)19-7-10-25-21(14-19)16-28-27(31-25)29-17-23-4-3-11-32(23)12-13-34-2/h5-7,10,14-16,22-23H,3-4,8-9,11-13,17H2,1-2H3,(H,30,33)(H,28,29,31). The van der Waals surface area contributed by atoms with Crippen LogP contribution in [0.4, 0.5) is 5.95 Å². The normalized spacial score (nSPS) is 18.4. The van der Waals surface area contributed by atoms with Crippen molar-refractivity contribution in [2.24, 2.45) is 0 Å². The van der Waals surface area contributed by atoms with Gasteiger partial charge in [-0.15, -0.1) is 0 Å². The van der Waals surface area contributed by atoms with Crippen molar-refractivity contribution in [3.05, 3.63) is 53.7 Å². The molecule has 1 unspecified atom stereocenters. The minimum Gasteiger partial charge on any atom is -0.383 e. The van der Waals surface area contributed by atoms with E-state index in [9.17, 15) is 4.79 Å². The molecule has 1 saturated heterocycles. The van der Waals surface area contributed by atoms with Crippen molar-refractivity contribution in [3.8, 4) is 11.1 Å². The number of likely N-dealkylation sites (tertiary alicyclic amines) is 1. The molecule has 2 aliphatic rings. The van der Waals surface area contributed by atoms with Crippen LogP contribution in [0.15, 0.2) is 42.6 Å². The first kappa shape index (κ1) is 22.7. The van der Waals surface area contributed by atoms with Gasteiger partial charge in [0, 0.05) is 49.4 Å². The number of rotatable bonds is 9. The Balaban J connectivity index is 1.30. The maximum Gasteiger partial charge on any atom is 0.251 e. The maximum atomic E-state index is 12.5. The number of hydrogen-bond acceptors (Lipinski definition) is 6. The molecule has 1 atom stereocenters. The van der Waals surface area contributed by atoms with Gasteiger partial charge >= 0.3 is 0 Å². The Morgan fingerprint density at radius 2 is 2.06 bits per heavy atom. The Bertz CT molecular complexity index is 1180. The zero-order chi connectivity index (χ0) is 23.5. The lowest BCUT2D eigenvalue weighted by molar-refractivity contribution is 0.0951. The third-order valence-electron chi connectivity index (χ3n) is 6.88. The molecule has 5 rings (SSSR count). The number of nitrogens with one attached hydrogen (secondary N) is 2. The van der Waals surface area contributed by atoms with Crippen molar-refractivity contribution < 1.29 is 9.53 Å².